The van der Waals surface area contributed by atoms with Crippen LogP contribution in [0.15, 0.2) is 12.3 Å². The van der Waals surface area contributed by atoms with Crippen LogP contribution in [0.25, 0.3) is 0 Å². The van der Waals surface area contributed by atoms with Crippen LogP contribution in [0.1, 0.15) is 43.7 Å². The molecule has 2 N–H and O–H groups in total. The summed E-state index contributed by atoms with van der Waals surface area (Å²) in [6.45, 7) is 8.70. The number of rotatable bonds is 7. The van der Waals surface area contributed by atoms with Crippen molar-refractivity contribution in [1.82, 2.24) is 10.3 Å². The van der Waals surface area contributed by atoms with Gasteiger partial charge in [0.15, 0.2) is 0 Å². The van der Waals surface area contributed by atoms with Gasteiger partial charge in [0, 0.05) is 32.4 Å². The average Bonchev–Trinajstić information content (AvgIpc) is 2.48. The van der Waals surface area contributed by atoms with Gasteiger partial charge in [-0.25, -0.2) is 4.98 Å². The molecular weight excluding hydrogens is 262 g/mol. The first kappa shape index (κ1) is 16.2. The second-order valence-electron chi connectivity index (χ2n) is 6.13. The lowest BCUT2D eigenvalue weighted by molar-refractivity contribution is 0.244. The molecule has 0 radical (unpaired) electrons. The number of nitrogens with zero attached hydrogens (tertiary/aromatic N) is 2. The second-order valence-corrected chi connectivity index (χ2v) is 6.13. The molecule has 4 nitrogen and oxygen atoms in total. The molecule has 0 bridgehead atoms. The minimum atomic E-state index is 0.299. The van der Waals surface area contributed by atoms with E-state index >= 15 is 0 Å². The number of aliphatic hydroxyl groups excluding tert-OH is 1. The highest BCUT2D eigenvalue weighted by atomic mass is 16.3. The topological polar surface area (TPSA) is 48.4 Å². The summed E-state index contributed by atoms with van der Waals surface area (Å²) in [4.78, 5) is 7.09. The van der Waals surface area contributed by atoms with Crippen LogP contribution in [-0.2, 0) is 6.54 Å². The quantitative estimate of drug-likeness (QED) is 0.758. The summed E-state index contributed by atoms with van der Waals surface area (Å²) in [5, 5.41) is 12.5. The Bertz CT molecular complexity index is 434. The average molecular weight is 291 g/mol. The molecule has 1 unspecified atom stereocenters. The van der Waals surface area contributed by atoms with Crippen molar-refractivity contribution >= 4 is 5.82 Å². The monoisotopic (exact) mass is 291 g/mol. The Balaban J connectivity index is 1.99. The van der Waals surface area contributed by atoms with Crippen LogP contribution in [-0.4, -0.2) is 36.3 Å². The third-order valence-electron chi connectivity index (χ3n) is 4.22. The lowest BCUT2D eigenvalue weighted by Gasteiger charge is -2.34. The zero-order valence-electron chi connectivity index (χ0n) is 13.4. The fourth-order valence-electron chi connectivity index (χ4n) is 3.14. The van der Waals surface area contributed by atoms with Crippen molar-refractivity contribution in [2.75, 3.05) is 31.1 Å². The molecule has 118 valence electrons. The van der Waals surface area contributed by atoms with Gasteiger partial charge in [-0.15, -0.1) is 0 Å². The van der Waals surface area contributed by atoms with E-state index in [1.165, 1.54) is 24.0 Å². The summed E-state index contributed by atoms with van der Waals surface area (Å²) in [5.74, 6) is 1.73. The molecule has 0 aromatic carbocycles. The highest BCUT2D eigenvalue weighted by Gasteiger charge is 2.21. The smallest absolute Gasteiger partial charge is 0.131 e. The third kappa shape index (κ3) is 4.68. The predicted octanol–water partition coefficient (Wildman–Crippen LogP) is 2.49. The molecule has 1 aliphatic rings. The normalized spacial score (nSPS) is 19.0. The number of anilines is 1. The van der Waals surface area contributed by atoms with Crippen LogP contribution in [0.2, 0.25) is 0 Å². The highest BCUT2D eigenvalue weighted by molar-refractivity contribution is 5.47. The first-order valence-electron chi connectivity index (χ1n) is 8.26. The van der Waals surface area contributed by atoms with Crippen molar-refractivity contribution < 1.29 is 5.11 Å². The van der Waals surface area contributed by atoms with E-state index in [1.807, 2.05) is 6.20 Å². The second kappa shape index (κ2) is 8.35. The van der Waals surface area contributed by atoms with Gasteiger partial charge < -0.3 is 15.3 Å². The summed E-state index contributed by atoms with van der Waals surface area (Å²) in [6.07, 6.45) is 6.50. The largest absolute Gasteiger partial charge is 0.396 e. The van der Waals surface area contributed by atoms with Crippen molar-refractivity contribution in [2.45, 2.75) is 46.1 Å². The lowest BCUT2D eigenvalue weighted by Crippen LogP contribution is -2.36. The Labute approximate surface area is 128 Å². The van der Waals surface area contributed by atoms with Gasteiger partial charge in [0.1, 0.15) is 5.82 Å². The fourth-order valence-corrected chi connectivity index (χ4v) is 3.14. The molecule has 0 aliphatic carbocycles. The molecule has 1 saturated heterocycles. The summed E-state index contributed by atoms with van der Waals surface area (Å²) in [7, 11) is 0. The summed E-state index contributed by atoms with van der Waals surface area (Å²) in [6, 6.07) is 2.25. The summed E-state index contributed by atoms with van der Waals surface area (Å²) < 4.78 is 0. The van der Waals surface area contributed by atoms with Gasteiger partial charge in [0.2, 0.25) is 0 Å². The molecule has 0 amide bonds. The summed E-state index contributed by atoms with van der Waals surface area (Å²) >= 11 is 0. The lowest BCUT2D eigenvalue weighted by atomic mass is 9.95. The maximum atomic E-state index is 9.13. The fraction of sp³-hybridized carbons (Fsp3) is 0.706. The van der Waals surface area contributed by atoms with E-state index in [0.717, 1.165) is 44.8 Å². The van der Waals surface area contributed by atoms with Crippen LogP contribution in [0.3, 0.4) is 0 Å². The van der Waals surface area contributed by atoms with Crippen molar-refractivity contribution in [3.8, 4) is 0 Å². The standard InChI is InChI=1S/C17H29N3O/c1-3-7-18-11-16-10-14(2)17(19-12-16)20-8-4-5-15(13-20)6-9-21/h10,12,15,18,21H,3-9,11,13H2,1-2H3. The molecule has 0 saturated carbocycles. The van der Waals surface area contributed by atoms with Gasteiger partial charge in [0.25, 0.3) is 0 Å². The Hall–Kier alpha value is -1.13. The third-order valence-corrected chi connectivity index (χ3v) is 4.22. The molecule has 1 atom stereocenters. The number of aromatic nitrogens is 1. The van der Waals surface area contributed by atoms with Gasteiger partial charge in [-0.1, -0.05) is 6.92 Å². The van der Waals surface area contributed by atoms with Crippen LogP contribution >= 0.6 is 0 Å². The van der Waals surface area contributed by atoms with Crippen molar-refractivity contribution in [3.05, 3.63) is 23.4 Å². The van der Waals surface area contributed by atoms with Crippen molar-refractivity contribution in [1.29, 1.82) is 0 Å². The number of hydrogen-bond acceptors (Lipinski definition) is 4. The molecule has 1 aromatic heterocycles. The number of aryl methyl sites for hydroxylation is 1. The molecular formula is C17H29N3O. The van der Waals surface area contributed by atoms with Gasteiger partial charge in [-0.3, -0.25) is 0 Å². The number of aliphatic hydroxyl groups is 1. The Morgan fingerprint density at radius 1 is 1.48 bits per heavy atom. The van der Waals surface area contributed by atoms with Gasteiger partial charge in [-0.05, 0) is 62.3 Å². The summed E-state index contributed by atoms with van der Waals surface area (Å²) in [5.41, 5.74) is 2.52. The molecule has 1 fully saturated rings. The maximum Gasteiger partial charge on any atom is 0.131 e. The minimum absolute atomic E-state index is 0.299. The minimum Gasteiger partial charge on any atom is -0.396 e. The van der Waals surface area contributed by atoms with E-state index in [2.05, 4.69) is 30.1 Å². The highest BCUT2D eigenvalue weighted by Crippen LogP contribution is 2.26. The maximum absolute atomic E-state index is 9.13. The SMILES string of the molecule is CCCNCc1cnc(N2CCCC(CCO)C2)c(C)c1. The molecule has 2 rings (SSSR count). The molecule has 1 aromatic rings. The van der Waals surface area contributed by atoms with Crippen LogP contribution < -0.4 is 10.2 Å². The Morgan fingerprint density at radius 3 is 3.05 bits per heavy atom. The van der Waals surface area contributed by atoms with E-state index in [1.54, 1.807) is 0 Å². The van der Waals surface area contributed by atoms with Crippen molar-refractivity contribution in [3.63, 3.8) is 0 Å². The number of pyridine rings is 1. The predicted molar refractivity (Wildman–Crippen MR) is 87.6 cm³/mol. The van der Waals surface area contributed by atoms with Gasteiger partial charge in [-0.2, -0.15) is 0 Å². The molecule has 1 aliphatic heterocycles. The van der Waals surface area contributed by atoms with Crippen LogP contribution in [0.4, 0.5) is 5.82 Å². The first-order valence-corrected chi connectivity index (χ1v) is 8.26. The van der Waals surface area contributed by atoms with Crippen LogP contribution in [0.5, 0.6) is 0 Å². The molecule has 2 heterocycles. The van der Waals surface area contributed by atoms with Gasteiger partial charge in [0.05, 0.1) is 0 Å². The van der Waals surface area contributed by atoms with E-state index in [0.29, 0.717) is 12.5 Å². The molecule has 0 spiro atoms. The number of hydrogen-bond donors (Lipinski definition) is 2. The van der Waals surface area contributed by atoms with E-state index in [9.17, 15) is 0 Å². The van der Waals surface area contributed by atoms with Gasteiger partial charge >= 0.3 is 0 Å². The van der Waals surface area contributed by atoms with Crippen molar-refractivity contribution in [2.24, 2.45) is 5.92 Å². The first-order chi connectivity index (χ1) is 10.2. The number of piperidine rings is 1. The molecule has 4 heteroatoms. The number of nitrogens with one attached hydrogen (secondary N) is 1. The zero-order valence-corrected chi connectivity index (χ0v) is 13.4. The zero-order chi connectivity index (χ0) is 15.1. The Kier molecular flexibility index (Phi) is 6.46. The van der Waals surface area contributed by atoms with E-state index in [-0.39, 0.29) is 0 Å². The van der Waals surface area contributed by atoms with Crippen LogP contribution in [0, 0.1) is 12.8 Å². The van der Waals surface area contributed by atoms with E-state index < -0.39 is 0 Å². The molecule has 21 heavy (non-hydrogen) atoms. The Morgan fingerprint density at radius 2 is 2.33 bits per heavy atom. The van der Waals surface area contributed by atoms with E-state index in [4.69, 9.17) is 10.1 Å².